The first kappa shape index (κ1) is 17.3. The molecule has 0 spiro atoms. The summed E-state index contributed by atoms with van der Waals surface area (Å²) in [6.07, 6.45) is 0. The third kappa shape index (κ3) is 3.69. The van der Waals surface area contributed by atoms with E-state index in [1.807, 2.05) is 13.8 Å². The van der Waals surface area contributed by atoms with Crippen molar-refractivity contribution in [3.63, 3.8) is 0 Å². The first-order valence-electron chi connectivity index (χ1n) is 6.25. The highest BCUT2D eigenvalue weighted by Crippen LogP contribution is 2.29. The molecule has 4 N–H and O–H groups in total. The van der Waals surface area contributed by atoms with E-state index in [0.717, 1.165) is 18.2 Å². The number of nitro benzene ring substituents is 1. The minimum Gasteiger partial charge on any atom is -0.502 e. The molecule has 0 aromatic heterocycles. The lowest BCUT2D eigenvalue weighted by molar-refractivity contribution is -0.386. The number of nitrogens with two attached hydrogens (primary N) is 1. The Morgan fingerprint density at radius 1 is 1.48 bits per heavy atom. The van der Waals surface area contributed by atoms with Crippen LogP contribution in [0.5, 0.6) is 5.75 Å². The fraction of sp³-hybridized carbons (Fsp3) is 0.500. The van der Waals surface area contributed by atoms with Crippen LogP contribution in [0, 0.1) is 16.0 Å². The van der Waals surface area contributed by atoms with Gasteiger partial charge in [-0.05, 0) is 25.0 Å². The Balaban J connectivity index is 3.26. The zero-order chi connectivity index (χ0) is 16.4. The fourth-order valence-electron chi connectivity index (χ4n) is 1.58. The monoisotopic (exact) mass is 317 g/mol. The topological polar surface area (TPSA) is 136 Å². The summed E-state index contributed by atoms with van der Waals surface area (Å²) in [5.41, 5.74) is 4.07. The van der Waals surface area contributed by atoms with Crippen LogP contribution in [0.3, 0.4) is 0 Å². The van der Waals surface area contributed by atoms with Crippen LogP contribution in [0.1, 0.15) is 20.8 Å². The van der Waals surface area contributed by atoms with Gasteiger partial charge in [0.05, 0.1) is 9.82 Å². The number of nitrogens with zero attached hydrogens (tertiary/aromatic N) is 1. The number of aromatic hydroxyl groups is 1. The molecule has 0 aliphatic heterocycles. The second-order valence-electron chi connectivity index (χ2n) is 5.29. The smallest absolute Gasteiger partial charge is 0.312 e. The van der Waals surface area contributed by atoms with E-state index in [1.54, 1.807) is 6.92 Å². The number of hydrogen-bond acceptors (Lipinski definition) is 6. The molecule has 0 aliphatic rings. The number of nitrogens with one attached hydrogen (secondary N) is 1. The Bertz CT molecular complexity index is 644. The van der Waals surface area contributed by atoms with E-state index in [1.165, 1.54) is 0 Å². The molecule has 0 aliphatic carbocycles. The third-order valence-corrected chi connectivity index (χ3v) is 5.13. The van der Waals surface area contributed by atoms with E-state index in [-0.39, 0.29) is 17.4 Å². The molecule has 1 atom stereocenters. The van der Waals surface area contributed by atoms with E-state index in [9.17, 15) is 23.6 Å². The van der Waals surface area contributed by atoms with Gasteiger partial charge in [0, 0.05) is 18.2 Å². The minimum atomic E-state index is -3.99. The quantitative estimate of drug-likeness (QED) is 0.528. The molecule has 0 bridgehead atoms. The van der Waals surface area contributed by atoms with Gasteiger partial charge in [-0.25, -0.2) is 13.1 Å². The van der Waals surface area contributed by atoms with E-state index >= 15 is 0 Å². The number of phenols is 1. The summed E-state index contributed by atoms with van der Waals surface area (Å²) in [7, 11) is -3.99. The van der Waals surface area contributed by atoms with Gasteiger partial charge in [0.1, 0.15) is 0 Å². The molecule has 0 amide bonds. The molecule has 0 radical (unpaired) electrons. The Kier molecular flexibility index (Phi) is 4.92. The zero-order valence-electron chi connectivity index (χ0n) is 12.0. The van der Waals surface area contributed by atoms with E-state index in [2.05, 4.69) is 4.72 Å². The Labute approximate surface area is 123 Å². The number of nitro groups is 1. The van der Waals surface area contributed by atoms with E-state index < -0.39 is 31.9 Å². The number of phenolic OH excluding ortho intramolecular Hbond substituents is 1. The van der Waals surface area contributed by atoms with Gasteiger partial charge in [0.25, 0.3) is 0 Å². The van der Waals surface area contributed by atoms with Crippen molar-refractivity contribution in [3.05, 3.63) is 28.3 Å². The second kappa shape index (κ2) is 5.96. The summed E-state index contributed by atoms with van der Waals surface area (Å²) in [5, 5.41) is 20.1. The average Bonchev–Trinajstić information content (AvgIpc) is 2.37. The first-order chi connectivity index (χ1) is 9.53. The largest absolute Gasteiger partial charge is 0.502 e. The van der Waals surface area contributed by atoms with Gasteiger partial charge >= 0.3 is 5.69 Å². The maximum absolute atomic E-state index is 12.3. The van der Waals surface area contributed by atoms with Crippen LogP contribution < -0.4 is 10.5 Å². The fourth-order valence-corrected chi connectivity index (χ4v) is 3.14. The zero-order valence-corrected chi connectivity index (χ0v) is 12.8. The van der Waals surface area contributed by atoms with Gasteiger partial charge in [-0.1, -0.05) is 13.8 Å². The Morgan fingerprint density at radius 2 is 2.05 bits per heavy atom. The lowest BCUT2D eigenvalue weighted by Crippen LogP contribution is -2.54. The molecular weight excluding hydrogens is 298 g/mol. The van der Waals surface area contributed by atoms with Gasteiger partial charge in [-0.3, -0.25) is 10.1 Å². The highest BCUT2D eigenvalue weighted by Gasteiger charge is 2.33. The number of benzene rings is 1. The van der Waals surface area contributed by atoms with Crippen LogP contribution in [0.15, 0.2) is 23.1 Å². The lowest BCUT2D eigenvalue weighted by Gasteiger charge is -2.33. The predicted octanol–water partition coefficient (Wildman–Crippen LogP) is 0.952. The summed E-state index contributed by atoms with van der Waals surface area (Å²) in [6.45, 7) is 5.36. The molecule has 1 unspecified atom stereocenters. The minimum absolute atomic E-state index is 0.0735. The van der Waals surface area contributed by atoms with Crippen LogP contribution in [0.2, 0.25) is 0 Å². The van der Waals surface area contributed by atoms with Crippen molar-refractivity contribution in [2.24, 2.45) is 11.7 Å². The summed E-state index contributed by atoms with van der Waals surface area (Å²) < 4.78 is 27.1. The molecule has 0 fully saturated rings. The standard InChI is InChI=1S/C12H19N3O5S/c1-8(2)12(3,7-13)14-21(19,20)9-4-5-11(16)10(6-9)15(17)18/h4-6,8,14,16H,7,13H2,1-3H3. The predicted molar refractivity (Wildman–Crippen MR) is 77.4 cm³/mol. The third-order valence-electron chi connectivity index (χ3n) is 3.52. The normalized spacial score (nSPS) is 14.9. The van der Waals surface area contributed by atoms with Crippen molar-refractivity contribution in [1.29, 1.82) is 0 Å². The van der Waals surface area contributed by atoms with E-state index in [4.69, 9.17) is 5.73 Å². The van der Waals surface area contributed by atoms with Crippen molar-refractivity contribution in [3.8, 4) is 5.75 Å². The van der Waals surface area contributed by atoms with Crippen molar-refractivity contribution >= 4 is 15.7 Å². The first-order valence-corrected chi connectivity index (χ1v) is 7.73. The molecule has 1 rings (SSSR count). The van der Waals surface area contributed by atoms with Crippen LogP contribution in [-0.4, -0.2) is 30.5 Å². The molecule has 21 heavy (non-hydrogen) atoms. The van der Waals surface area contributed by atoms with Gasteiger partial charge in [0.15, 0.2) is 5.75 Å². The summed E-state index contributed by atoms with van der Waals surface area (Å²) in [5.74, 6) is -0.672. The molecule has 8 nitrogen and oxygen atoms in total. The molecule has 0 saturated carbocycles. The summed E-state index contributed by atoms with van der Waals surface area (Å²) >= 11 is 0. The van der Waals surface area contributed by atoms with Gasteiger partial charge in [-0.15, -0.1) is 0 Å². The van der Waals surface area contributed by atoms with Crippen molar-refractivity contribution in [1.82, 2.24) is 4.72 Å². The molecule has 1 aromatic rings. The van der Waals surface area contributed by atoms with Crippen molar-refractivity contribution < 1.29 is 18.4 Å². The Morgan fingerprint density at radius 3 is 2.48 bits per heavy atom. The summed E-state index contributed by atoms with van der Waals surface area (Å²) in [4.78, 5) is 9.61. The second-order valence-corrected chi connectivity index (χ2v) is 6.97. The number of sulfonamides is 1. The molecule has 9 heteroatoms. The van der Waals surface area contributed by atoms with Crippen molar-refractivity contribution in [2.75, 3.05) is 6.54 Å². The summed E-state index contributed by atoms with van der Waals surface area (Å²) in [6, 6.07) is 2.89. The number of hydrogen-bond donors (Lipinski definition) is 3. The van der Waals surface area contributed by atoms with Crippen LogP contribution in [0.4, 0.5) is 5.69 Å². The van der Waals surface area contributed by atoms with E-state index in [0.29, 0.717) is 0 Å². The highest BCUT2D eigenvalue weighted by molar-refractivity contribution is 7.89. The van der Waals surface area contributed by atoms with Gasteiger partial charge < -0.3 is 10.8 Å². The number of rotatable bonds is 6. The van der Waals surface area contributed by atoms with Crippen LogP contribution >= 0.6 is 0 Å². The average molecular weight is 317 g/mol. The lowest BCUT2D eigenvalue weighted by atomic mass is 9.90. The highest BCUT2D eigenvalue weighted by atomic mass is 32.2. The molecule has 118 valence electrons. The maximum atomic E-state index is 12.3. The van der Waals surface area contributed by atoms with Crippen molar-refractivity contribution in [2.45, 2.75) is 31.2 Å². The molecule has 1 aromatic carbocycles. The molecular formula is C12H19N3O5S. The van der Waals surface area contributed by atoms with Crippen LogP contribution in [0.25, 0.3) is 0 Å². The maximum Gasteiger partial charge on any atom is 0.312 e. The van der Waals surface area contributed by atoms with Gasteiger partial charge in [0.2, 0.25) is 10.0 Å². The molecule has 0 heterocycles. The van der Waals surface area contributed by atoms with Crippen LogP contribution in [-0.2, 0) is 10.0 Å². The SMILES string of the molecule is CC(C)C(C)(CN)NS(=O)(=O)c1ccc(O)c([N+](=O)[O-])c1. The molecule has 0 saturated heterocycles. The van der Waals surface area contributed by atoms with Gasteiger partial charge in [-0.2, -0.15) is 0 Å². The Hall–Kier alpha value is -1.71.